The van der Waals surface area contributed by atoms with E-state index in [2.05, 4.69) is 127 Å². The maximum Gasteiger partial charge on any atom is 0.164 e. The Morgan fingerprint density at radius 2 is 0.981 bits per heavy atom. The second-order valence-corrected chi connectivity index (χ2v) is 16.3. The van der Waals surface area contributed by atoms with Gasteiger partial charge in [0.25, 0.3) is 0 Å². The van der Waals surface area contributed by atoms with Crippen LogP contribution in [0.2, 0.25) is 0 Å². The molecule has 8 aromatic rings. The van der Waals surface area contributed by atoms with Crippen LogP contribution in [0.5, 0.6) is 0 Å². The quantitative estimate of drug-likeness (QED) is 0.184. The Bertz CT molecular complexity index is 2750. The van der Waals surface area contributed by atoms with E-state index in [4.69, 9.17) is 19.9 Å². The number of aromatic nitrogens is 4. The van der Waals surface area contributed by atoms with Crippen LogP contribution in [0.4, 0.5) is 0 Å². The zero-order valence-electron chi connectivity index (χ0n) is 30.0. The smallest absolute Gasteiger partial charge is 0.164 e. The maximum absolute atomic E-state index is 5.26. The standard InChI is InChI=1S/C50H38N4/c1-2-8-34(9-3-1)47-52-48(35-17-15-32(16-18-35)41-14-6-12-33-13-7-21-51-46(33)41)54-49(53-47)38-19-20-42-43-27-36-10-4-5-11-37(36)28-45(43)50(44(42)29-38)39-23-30-22-31(25-39)26-40(50)24-30/h1-21,27-31,39-40H,22-26H2. The molecule has 0 saturated heterocycles. The largest absolute Gasteiger partial charge is 0.256 e. The third kappa shape index (κ3) is 4.43. The highest BCUT2D eigenvalue weighted by Crippen LogP contribution is 2.69. The van der Waals surface area contributed by atoms with Crippen molar-refractivity contribution >= 4 is 21.7 Å². The molecule has 4 heteroatoms. The first-order valence-electron chi connectivity index (χ1n) is 19.6. The third-order valence-corrected chi connectivity index (χ3v) is 13.5. The van der Waals surface area contributed by atoms with Gasteiger partial charge < -0.3 is 0 Å². The first-order chi connectivity index (χ1) is 26.7. The Morgan fingerprint density at radius 3 is 1.72 bits per heavy atom. The summed E-state index contributed by atoms with van der Waals surface area (Å²) in [5.74, 6) is 5.22. The molecule has 0 radical (unpaired) electrons. The Kier molecular flexibility index (Phi) is 6.49. The number of hydrogen-bond acceptors (Lipinski definition) is 4. The van der Waals surface area contributed by atoms with E-state index >= 15 is 0 Å². The summed E-state index contributed by atoms with van der Waals surface area (Å²) < 4.78 is 0. The van der Waals surface area contributed by atoms with Crippen LogP contribution in [0, 0.1) is 23.7 Å². The fourth-order valence-electron chi connectivity index (χ4n) is 11.5. The van der Waals surface area contributed by atoms with Crippen LogP contribution in [0.15, 0.2) is 146 Å². The van der Waals surface area contributed by atoms with Gasteiger partial charge >= 0.3 is 0 Å². The monoisotopic (exact) mass is 694 g/mol. The van der Waals surface area contributed by atoms with Crippen molar-refractivity contribution in [3.63, 3.8) is 0 Å². The lowest BCUT2D eigenvalue weighted by Gasteiger charge is -2.61. The van der Waals surface area contributed by atoms with E-state index in [1.807, 2.05) is 18.3 Å². The molecule has 13 rings (SSSR count). The second kappa shape index (κ2) is 11.5. The van der Waals surface area contributed by atoms with E-state index in [0.717, 1.165) is 56.4 Å². The summed E-state index contributed by atoms with van der Waals surface area (Å²) in [6.45, 7) is 0. The normalized spacial score (nSPS) is 23.3. The molecule has 258 valence electrons. The summed E-state index contributed by atoms with van der Waals surface area (Å²) in [5, 5.41) is 3.81. The van der Waals surface area contributed by atoms with Gasteiger partial charge in [-0.25, -0.2) is 15.0 Å². The summed E-state index contributed by atoms with van der Waals surface area (Å²) in [6.07, 6.45) is 8.70. The van der Waals surface area contributed by atoms with Crippen LogP contribution < -0.4 is 0 Å². The highest BCUT2D eigenvalue weighted by molar-refractivity contribution is 5.95. The summed E-state index contributed by atoms with van der Waals surface area (Å²) in [6, 6.07) is 50.5. The maximum atomic E-state index is 5.26. The van der Waals surface area contributed by atoms with E-state index in [1.54, 1.807) is 5.56 Å². The fourth-order valence-corrected chi connectivity index (χ4v) is 11.5. The first kappa shape index (κ1) is 30.5. The molecule has 4 fully saturated rings. The van der Waals surface area contributed by atoms with Gasteiger partial charge in [-0.1, -0.05) is 115 Å². The molecule has 2 aromatic heterocycles. The van der Waals surface area contributed by atoms with Gasteiger partial charge in [-0.05, 0) is 119 Å². The fraction of sp³-hybridized carbons (Fsp3) is 0.200. The predicted octanol–water partition coefficient (Wildman–Crippen LogP) is 12.0. The minimum atomic E-state index is 0.0442. The lowest BCUT2D eigenvalue weighted by Crippen LogP contribution is -2.55. The third-order valence-electron chi connectivity index (χ3n) is 13.5. The van der Waals surface area contributed by atoms with Crippen molar-refractivity contribution in [3.8, 4) is 56.4 Å². The SMILES string of the molecule is c1ccc(-c2nc(-c3ccc(-c4cccc5cccnc45)cc3)nc(-c3ccc4c(c3)C3(c5cc6ccccc6cc5-4)C4CC5CC(C4)CC3C5)n2)cc1. The number of pyridine rings is 1. The average molecular weight is 695 g/mol. The zero-order chi connectivity index (χ0) is 35.4. The highest BCUT2D eigenvalue weighted by atomic mass is 15.0. The van der Waals surface area contributed by atoms with Crippen LogP contribution in [0.1, 0.15) is 43.2 Å². The summed E-state index contributed by atoms with van der Waals surface area (Å²) in [5.41, 5.74) is 12.2. The van der Waals surface area contributed by atoms with Crippen molar-refractivity contribution in [1.29, 1.82) is 0 Å². The van der Waals surface area contributed by atoms with Crippen LogP contribution in [-0.2, 0) is 5.41 Å². The lowest BCUT2D eigenvalue weighted by atomic mass is 9.43. The number of fused-ring (bicyclic) bond motifs is 5. The van der Waals surface area contributed by atoms with Crippen LogP contribution in [0.25, 0.3) is 78.1 Å². The molecule has 0 N–H and O–H groups in total. The molecule has 6 aromatic carbocycles. The highest BCUT2D eigenvalue weighted by Gasteiger charge is 2.61. The molecule has 4 nitrogen and oxygen atoms in total. The van der Waals surface area contributed by atoms with Gasteiger partial charge in [0.1, 0.15) is 0 Å². The molecule has 0 aliphatic heterocycles. The van der Waals surface area contributed by atoms with Gasteiger partial charge in [-0.15, -0.1) is 0 Å². The van der Waals surface area contributed by atoms with Gasteiger partial charge in [0, 0.05) is 39.3 Å². The van der Waals surface area contributed by atoms with Crippen molar-refractivity contribution in [2.45, 2.75) is 37.5 Å². The van der Waals surface area contributed by atoms with Gasteiger partial charge in [0.15, 0.2) is 17.5 Å². The molecule has 5 aliphatic carbocycles. The van der Waals surface area contributed by atoms with E-state index in [9.17, 15) is 0 Å². The molecule has 4 bridgehead atoms. The average Bonchev–Trinajstić information content (AvgIpc) is 3.50. The minimum Gasteiger partial charge on any atom is -0.256 e. The lowest BCUT2D eigenvalue weighted by molar-refractivity contribution is -0.0398. The van der Waals surface area contributed by atoms with E-state index in [-0.39, 0.29) is 5.41 Å². The molecule has 1 spiro atoms. The van der Waals surface area contributed by atoms with Crippen LogP contribution in [0.3, 0.4) is 0 Å². The molecule has 2 heterocycles. The van der Waals surface area contributed by atoms with Gasteiger partial charge in [0.2, 0.25) is 0 Å². The predicted molar refractivity (Wildman–Crippen MR) is 218 cm³/mol. The molecule has 54 heavy (non-hydrogen) atoms. The van der Waals surface area contributed by atoms with E-state index in [0.29, 0.717) is 23.5 Å². The number of rotatable bonds is 4. The first-order valence-corrected chi connectivity index (χ1v) is 19.6. The molecule has 0 unspecified atom stereocenters. The molecule has 0 atom stereocenters. The van der Waals surface area contributed by atoms with Gasteiger partial charge in [0.05, 0.1) is 5.52 Å². The molecule has 5 aliphatic rings. The Hall–Kier alpha value is -6.00. The van der Waals surface area contributed by atoms with Gasteiger partial charge in [-0.3, -0.25) is 4.98 Å². The number of para-hydroxylation sites is 1. The summed E-state index contributed by atoms with van der Waals surface area (Å²) in [7, 11) is 0. The zero-order valence-corrected chi connectivity index (χ0v) is 30.0. The second-order valence-electron chi connectivity index (χ2n) is 16.3. The Balaban J connectivity index is 1.02. The van der Waals surface area contributed by atoms with Crippen LogP contribution >= 0.6 is 0 Å². The molecular formula is C50H38N4. The van der Waals surface area contributed by atoms with Gasteiger partial charge in [-0.2, -0.15) is 0 Å². The van der Waals surface area contributed by atoms with Crippen molar-refractivity contribution in [1.82, 2.24) is 19.9 Å². The Labute approximate surface area is 315 Å². The van der Waals surface area contributed by atoms with Crippen molar-refractivity contribution in [2.24, 2.45) is 23.7 Å². The molecular weight excluding hydrogens is 657 g/mol. The van der Waals surface area contributed by atoms with E-state index < -0.39 is 0 Å². The number of nitrogens with zero attached hydrogens (tertiary/aromatic N) is 4. The summed E-state index contributed by atoms with van der Waals surface area (Å²) in [4.78, 5) is 20.3. The van der Waals surface area contributed by atoms with Crippen molar-refractivity contribution in [3.05, 3.63) is 157 Å². The van der Waals surface area contributed by atoms with Crippen molar-refractivity contribution in [2.75, 3.05) is 0 Å². The van der Waals surface area contributed by atoms with E-state index in [1.165, 1.54) is 59.6 Å². The topological polar surface area (TPSA) is 51.6 Å². The number of benzene rings is 6. The molecule has 4 saturated carbocycles. The number of hydrogen-bond donors (Lipinski definition) is 0. The Morgan fingerprint density at radius 1 is 0.407 bits per heavy atom. The summed E-state index contributed by atoms with van der Waals surface area (Å²) >= 11 is 0. The minimum absolute atomic E-state index is 0.0442. The van der Waals surface area contributed by atoms with Crippen LogP contribution in [-0.4, -0.2) is 19.9 Å². The molecule has 0 amide bonds. The van der Waals surface area contributed by atoms with Crippen molar-refractivity contribution < 1.29 is 0 Å².